The Hall–Kier alpha value is -1.02. The summed E-state index contributed by atoms with van der Waals surface area (Å²) in [7, 11) is 0. The molecule has 0 fully saturated rings. The first kappa shape index (κ1) is 13.0. The van der Waals surface area contributed by atoms with Crippen molar-refractivity contribution in [3.63, 3.8) is 0 Å². The predicted molar refractivity (Wildman–Crippen MR) is 73.8 cm³/mol. The van der Waals surface area contributed by atoms with E-state index >= 15 is 0 Å². The van der Waals surface area contributed by atoms with Gasteiger partial charge in [-0.3, -0.25) is 4.98 Å². The van der Waals surface area contributed by atoms with Gasteiger partial charge in [-0.25, -0.2) is 0 Å². The molecule has 1 nitrogen and oxygen atoms in total. The summed E-state index contributed by atoms with van der Waals surface area (Å²) in [5, 5.41) is 0. The van der Waals surface area contributed by atoms with E-state index in [2.05, 4.69) is 45.3 Å². The van der Waals surface area contributed by atoms with Crippen molar-refractivity contribution in [2.75, 3.05) is 0 Å². The fraction of sp³-hybridized carbons (Fsp3) is 0.357. The normalized spacial score (nSPS) is 12.0. The van der Waals surface area contributed by atoms with E-state index in [-0.39, 0.29) is 4.75 Å². The van der Waals surface area contributed by atoms with Crippen LogP contribution in [0.3, 0.4) is 0 Å². The van der Waals surface area contributed by atoms with Crippen LogP contribution in [-0.2, 0) is 0 Å². The Morgan fingerprint density at radius 2 is 2.06 bits per heavy atom. The maximum Gasteiger partial charge on any atom is 0.0659 e. The van der Waals surface area contributed by atoms with Gasteiger partial charge < -0.3 is 0 Å². The lowest BCUT2D eigenvalue weighted by molar-refractivity contribution is 0.802. The third kappa shape index (κ3) is 4.23. The first-order chi connectivity index (χ1) is 7.42. The summed E-state index contributed by atoms with van der Waals surface area (Å²) < 4.78 is 0.229. The summed E-state index contributed by atoms with van der Waals surface area (Å²) in [4.78, 5) is 5.67. The van der Waals surface area contributed by atoms with Crippen LogP contribution < -0.4 is 0 Å². The Bertz CT molecular complexity index is 400. The second kappa shape index (κ2) is 5.35. The Morgan fingerprint density at radius 3 is 2.56 bits per heavy atom. The molecule has 1 aromatic rings. The molecule has 0 saturated carbocycles. The van der Waals surface area contributed by atoms with Crippen LogP contribution in [0.5, 0.6) is 0 Å². The fourth-order valence-corrected chi connectivity index (χ4v) is 2.35. The lowest BCUT2D eigenvalue weighted by atomic mass is 10.2. The Balaban J connectivity index is 2.91. The molecule has 0 atom stereocenters. The lowest BCUT2D eigenvalue weighted by Crippen LogP contribution is -2.06. The van der Waals surface area contributed by atoms with Gasteiger partial charge in [-0.1, -0.05) is 39.5 Å². The average Bonchev–Trinajstić information content (AvgIpc) is 2.14. The van der Waals surface area contributed by atoms with Crippen molar-refractivity contribution in [2.24, 2.45) is 0 Å². The molecule has 0 aliphatic carbocycles. The first-order valence-electron chi connectivity index (χ1n) is 5.37. The number of allylic oxidation sites excluding steroid dienone is 2. The zero-order chi connectivity index (χ0) is 12.2. The fourth-order valence-electron chi connectivity index (χ4n) is 1.30. The Morgan fingerprint density at radius 1 is 1.38 bits per heavy atom. The van der Waals surface area contributed by atoms with Crippen molar-refractivity contribution in [3.8, 4) is 0 Å². The number of pyridine rings is 1. The molecule has 86 valence electrons. The van der Waals surface area contributed by atoms with Crippen LogP contribution in [0, 0.1) is 6.92 Å². The molecule has 0 aliphatic heterocycles. The van der Waals surface area contributed by atoms with Crippen molar-refractivity contribution in [3.05, 3.63) is 42.3 Å². The van der Waals surface area contributed by atoms with E-state index in [1.807, 2.05) is 30.1 Å². The van der Waals surface area contributed by atoms with Crippen LogP contribution in [0.15, 0.2) is 35.9 Å². The lowest BCUT2D eigenvalue weighted by Gasteiger charge is -2.17. The minimum atomic E-state index is 0.229. The molecule has 0 unspecified atom stereocenters. The monoisotopic (exact) mass is 233 g/mol. The molecule has 1 aromatic heterocycles. The molecule has 0 aromatic carbocycles. The number of nitrogens with zero attached hydrogens (tertiary/aromatic N) is 1. The van der Waals surface area contributed by atoms with Crippen molar-refractivity contribution in [1.82, 2.24) is 4.98 Å². The zero-order valence-corrected chi connectivity index (χ0v) is 11.3. The van der Waals surface area contributed by atoms with E-state index in [0.717, 1.165) is 5.69 Å². The molecule has 0 amide bonds. The summed E-state index contributed by atoms with van der Waals surface area (Å²) in [5.41, 5.74) is 2.21. The quantitative estimate of drug-likeness (QED) is 0.564. The van der Waals surface area contributed by atoms with Gasteiger partial charge >= 0.3 is 0 Å². The number of aryl methyl sites for hydroxylation is 1. The van der Waals surface area contributed by atoms with E-state index in [0.29, 0.717) is 0 Å². The molecular formula is C14H19NS. The van der Waals surface area contributed by atoms with Gasteiger partial charge in [-0.2, -0.15) is 0 Å². The van der Waals surface area contributed by atoms with E-state index < -0.39 is 0 Å². The van der Waals surface area contributed by atoms with Crippen LogP contribution in [0.2, 0.25) is 0 Å². The van der Waals surface area contributed by atoms with Gasteiger partial charge in [-0.05, 0) is 24.6 Å². The molecule has 2 heteroatoms. The zero-order valence-electron chi connectivity index (χ0n) is 10.4. The van der Waals surface area contributed by atoms with Gasteiger partial charge in [0.2, 0.25) is 0 Å². The Labute approximate surface area is 103 Å². The summed E-state index contributed by atoms with van der Waals surface area (Å²) in [5.74, 6) is 0. The SMILES string of the molecule is C=C/C=C\c1ncc(SC(C)(C)C)cc1C. The van der Waals surface area contributed by atoms with Crippen molar-refractivity contribution >= 4 is 17.8 Å². The van der Waals surface area contributed by atoms with Crippen LogP contribution in [-0.4, -0.2) is 9.73 Å². The second-order valence-corrected chi connectivity index (χ2v) is 6.58. The topological polar surface area (TPSA) is 12.9 Å². The van der Waals surface area contributed by atoms with Gasteiger partial charge in [0.05, 0.1) is 5.69 Å². The summed E-state index contributed by atoms with van der Waals surface area (Å²) in [6.07, 6.45) is 7.59. The molecule has 1 rings (SSSR count). The van der Waals surface area contributed by atoms with Gasteiger partial charge in [0.25, 0.3) is 0 Å². The van der Waals surface area contributed by atoms with E-state index in [9.17, 15) is 0 Å². The molecule has 0 spiro atoms. The van der Waals surface area contributed by atoms with Crippen LogP contribution in [0.25, 0.3) is 6.08 Å². The standard InChI is InChI=1S/C14H19NS/c1-6-7-8-13-11(2)9-12(10-15-13)16-14(3,4)5/h6-10H,1H2,2-5H3/b8-7-. The molecule has 0 radical (unpaired) electrons. The molecule has 0 aliphatic rings. The van der Waals surface area contributed by atoms with Crippen molar-refractivity contribution in [1.29, 1.82) is 0 Å². The number of hydrogen-bond acceptors (Lipinski definition) is 2. The van der Waals surface area contributed by atoms with Gasteiger partial charge in [-0.15, -0.1) is 11.8 Å². The highest BCUT2D eigenvalue weighted by Crippen LogP contribution is 2.32. The third-order valence-electron chi connectivity index (χ3n) is 1.91. The van der Waals surface area contributed by atoms with Crippen molar-refractivity contribution in [2.45, 2.75) is 37.3 Å². The molecule has 16 heavy (non-hydrogen) atoms. The summed E-state index contributed by atoms with van der Waals surface area (Å²) in [6, 6.07) is 2.19. The first-order valence-corrected chi connectivity index (χ1v) is 6.19. The van der Waals surface area contributed by atoms with Crippen molar-refractivity contribution < 1.29 is 0 Å². The summed E-state index contributed by atoms with van der Waals surface area (Å²) in [6.45, 7) is 12.4. The maximum atomic E-state index is 4.44. The van der Waals surface area contributed by atoms with Crippen LogP contribution >= 0.6 is 11.8 Å². The minimum Gasteiger partial charge on any atom is -0.255 e. The molecular weight excluding hydrogens is 214 g/mol. The van der Waals surface area contributed by atoms with Crippen LogP contribution in [0.4, 0.5) is 0 Å². The predicted octanol–water partition coefficient (Wildman–Crippen LogP) is 4.48. The molecule has 0 bridgehead atoms. The maximum absolute atomic E-state index is 4.44. The minimum absolute atomic E-state index is 0.229. The number of hydrogen-bond donors (Lipinski definition) is 0. The van der Waals surface area contributed by atoms with E-state index in [1.165, 1.54) is 10.5 Å². The highest BCUT2D eigenvalue weighted by atomic mass is 32.2. The van der Waals surface area contributed by atoms with Crippen LogP contribution in [0.1, 0.15) is 32.0 Å². The summed E-state index contributed by atoms with van der Waals surface area (Å²) >= 11 is 1.84. The molecule has 0 saturated heterocycles. The third-order valence-corrected chi connectivity index (χ3v) is 2.98. The largest absolute Gasteiger partial charge is 0.255 e. The number of thioether (sulfide) groups is 1. The van der Waals surface area contributed by atoms with E-state index in [1.54, 1.807) is 6.08 Å². The molecule has 0 N–H and O–H groups in total. The van der Waals surface area contributed by atoms with Gasteiger partial charge in [0, 0.05) is 15.8 Å². The second-order valence-electron chi connectivity index (χ2n) is 4.68. The number of rotatable bonds is 3. The average molecular weight is 233 g/mol. The van der Waals surface area contributed by atoms with Gasteiger partial charge in [0.1, 0.15) is 0 Å². The Kier molecular flexibility index (Phi) is 4.36. The highest BCUT2D eigenvalue weighted by molar-refractivity contribution is 8.00. The number of aromatic nitrogens is 1. The van der Waals surface area contributed by atoms with E-state index in [4.69, 9.17) is 0 Å². The molecule has 1 heterocycles. The smallest absolute Gasteiger partial charge is 0.0659 e. The highest BCUT2D eigenvalue weighted by Gasteiger charge is 2.12. The van der Waals surface area contributed by atoms with Gasteiger partial charge in [0.15, 0.2) is 0 Å².